The van der Waals surface area contributed by atoms with E-state index in [1.165, 1.54) is 6.07 Å². The van der Waals surface area contributed by atoms with E-state index in [1.807, 2.05) is 20.8 Å². The van der Waals surface area contributed by atoms with Crippen molar-refractivity contribution < 1.29 is 15.0 Å². The highest BCUT2D eigenvalue weighted by molar-refractivity contribution is 5.96. The number of carbonyl (C=O) groups is 1. The van der Waals surface area contributed by atoms with E-state index in [-0.39, 0.29) is 23.7 Å². The Morgan fingerprint density at radius 2 is 1.95 bits per heavy atom. The number of phenols is 1. The standard InChI is InChI=1S/C15H22N2O3/c1-8(2)16-9(3)15(20)11-4-6-12(18)14-10(11)5-7-13(19)17-14/h4,6,8-9,15-16,18,20H,5,7H2,1-3H3,(H,17,19). The Morgan fingerprint density at radius 1 is 1.25 bits per heavy atom. The number of fused-ring (bicyclic) bond motifs is 1. The summed E-state index contributed by atoms with van der Waals surface area (Å²) in [6.07, 6.45) is 0.236. The number of anilines is 1. The van der Waals surface area contributed by atoms with Gasteiger partial charge in [0.05, 0.1) is 11.8 Å². The molecule has 0 bridgehead atoms. The lowest BCUT2D eigenvalue weighted by Crippen LogP contribution is -2.37. The van der Waals surface area contributed by atoms with Crippen molar-refractivity contribution in [3.05, 3.63) is 23.3 Å². The van der Waals surface area contributed by atoms with Gasteiger partial charge in [-0.05, 0) is 30.5 Å². The van der Waals surface area contributed by atoms with Crippen molar-refractivity contribution >= 4 is 11.6 Å². The van der Waals surface area contributed by atoms with Crippen LogP contribution < -0.4 is 10.6 Å². The molecule has 0 aliphatic carbocycles. The first-order chi connectivity index (χ1) is 9.40. The fourth-order valence-corrected chi connectivity index (χ4v) is 2.66. The minimum absolute atomic E-state index is 0.0495. The molecule has 4 N–H and O–H groups in total. The third-order valence-electron chi connectivity index (χ3n) is 3.58. The number of nitrogens with one attached hydrogen (secondary N) is 2. The molecule has 0 saturated heterocycles. The van der Waals surface area contributed by atoms with Gasteiger partial charge in [-0.3, -0.25) is 4.79 Å². The fraction of sp³-hybridized carbons (Fsp3) is 0.533. The van der Waals surface area contributed by atoms with E-state index < -0.39 is 6.10 Å². The monoisotopic (exact) mass is 278 g/mol. The predicted octanol–water partition coefficient (Wildman–Crippen LogP) is 1.70. The molecule has 1 heterocycles. The van der Waals surface area contributed by atoms with E-state index in [2.05, 4.69) is 10.6 Å². The molecule has 0 fully saturated rings. The third kappa shape index (κ3) is 2.94. The summed E-state index contributed by atoms with van der Waals surface area (Å²) in [7, 11) is 0. The van der Waals surface area contributed by atoms with Crippen LogP contribution in [0.5, 0.6) is 5.75 Å². The molecular formula is C15H22N2O3. The smallest absolute Gasteiger partial charge is 0.224 e. The molecule has 0 spiro atoms. The van der Waals surface area contributed by atoms with Crippen LogP contribution in [-0.2, 0) is 11.2 Å². The summed E-state index contributed by atoms with van der Waals surface area (Å²) in [6.45, 7) is 5.97. The van der Waals surface area contributed by atoms with Crippen molar-refractivity contribution in [3.8, 4) is 5.75 Å². The van der Waals surface area contributed by atoms with E-state index >= 15 is 0 Å². The van der Waals surface area contributed by atoms with Crippen LogP contribution >= 0.6 is 0 Å². The Bertz CT molecular complexity index is 514. The zero-order chi connectivity index (χ0) is 14.9. The second-order valence-corrected chi connectivity index (χ2v) is 5.63. The van der Waals surface area contributed by atoms with Gasteiger partial charge in [-0.2, -0.15) is 0 Å². The number of rotatable bonds is 4. The quantitative estimate of drug-likeness (QED) is 0.632. The minimum Gasteiger partial charge on any atom is -0.506 e. The predicted molar refractivity (Wildman–Crippen MR) is 77.8 cm³/mol. The SMILES string of the molecule is CC(C)NC(C)C(O)c1ccc(O)c2c1CCC(=O)N2. The van der Waals surface area contributed by atoms with Crippen LogP contribution in [0.25, 0.3) is 0 Å². The summed E-state index contributed by atoms with van der Waals surface area (Å²) in [6, 6.07) is 3.41. The maximum Gasteiger partial charge on any atom is 0.224 e. The van der Waals surface area contributed by atoms with Crippen molar-refractivity contribution in [1.82, 2.24) is 5.32 Å². The largest absolute Gasteiger partial charge is 0.506 e. The summed E-state index contributed by atoms with van der Waals surface area (Å²) < 4.78 is 0. The molecule has 5 heteroatoms. The van der Waals surface area contributed by atoms with Gasteiger partial charge in [0.2, 0.25) is 5.91 Å². The van der Waals surface area contributed by atoms with Crippen molar-refractivity contribution in [3.63, 3.8) is 0 Å². The summed E-state index contributed by atoms with van der Waals surface area (Å²) >= 11 is 0. The zero-order valence-electron chi connectivity index (χ0n) is 12.1. The second kappa shape index (κ2) is 5.81. The number of aliphatic hydroxyl groups is 1. The number of hydrogen-bond donors (Lipinski definition) is 4. The number of hydrogen-bond acceptors (Lipinski definition) is 4. The summed E-state index contributed by atoms with van der Waals surface area (Å²) in [5.41, 5.74) is 2.03. The van der Waals surface area contributed by atoms with Crippen molar-refractivity contribution in [2.45, 2.75) is 51.8 Å². The fourth-order valence-electron chi connectivity index (χ4n) is 2.66. The van der Waals surface area contributed by atoms with E-state index in [4.69, 9.17) is 0 Å². The van der Waals surface area contributed by atoms with E-state index in [0.717, 1.165) is 11.1 Å². The molecule has 0 saturated carbocycles. The third-order valence-corrected chi connectivity index (χ3v) is 3.58. The molecule has 5 nitrogen and oxygen atoms in total. The molecule has 1 aromatic carbocycles. The van der Waals surface area contributed by atoms with Crippen molar-refractivity contribution in [2.24, 2.45) is 0 Å². The Labute approximate surface area is 119 Å². The molecule has 2 atom stereocenters. The lowest BCUT2D eigenvalue weighted by atomic mass is 9.91. The van der Waals surface area contributed by atoms with E-state index in [0.29, 0.717) is 18.5 Å². The molecule has 0 radical (unpaired) electrons. The van der Waals surface area contributed by atoms with Crippen molar-refractivity contribution in [1.29, 1.82) is 0 Å². The average Bonchev–Trinajstić information content (AvgIpc) is 2.38. The summed E-state index contributed by atoms with van der Waals surface area (Å²) in [4.78, 5) is 11.4. The summed E-state index contributed by atoms with van der Waals surface area (Å²) in [5.74, 6) is -0.0544. The molecule has 0 aromatic heterocycles. The molecule has 2 unspecified atom stereocenters. The van der Waals surface area contributed by atoms with Gasteiger partial charge in [0.1, 0.15) is 5.75 Å². The molecule has 1 aliphatic heterocycles. The maximum atomic E-state index is 11.4. The zero-order valence-corrected chi connectivity index (χ0v) is 12.1. The van der Waals surface area contributed by atoms with Gasteiger partial charge >= 0.3 is 0 Å². The molecular weight excluding hydrogens is 256 g/mol. The normalized spacial score (nSPS) is 17.6. The Balaban J connectivity index is 2.33. The minimum atomic E-state index is -0.679. The Kier molecular flexibility index (Phi) is 4.30. The van der Waals surface area contributed by atoms with Gasteiger partial charge in [0.25, 0.3) is 0 Å². The van der Waals surface area contributed by atoms with E-state index in [1.54, 1.807) is 6.07 Å². The van der Waals surface area contributed by atoms with Gasteiger partial charge in [-0.25, -0.2) is 0 Å². The van der Waals surface area contributed by atoms with Crippen molar-refractivity contribution in [2.75, 3.05) is 5.32 Å². The first-order valence-corrected chi connectivity index (χ1v) is 6.99. The number of aromatic hydroxyl groups is 1. The molecule has 1 aromatic rings. The maximum absolute atomic E-state index is 11.4. The summed E-state index contributed by atoms with van der Waals surface area (Å²) in [5, 5.41) is 26.3. The number of amides is 1. The van der Waals surface area contributed by atoms with Gasteiger partial charge in [-0.15, -0.1) is 0 Å². The van der Waals surface area contributed by atoms with Crippen LogP contribution in [0.1, 0.15) is 44.4 Å². The van der Waals surface area contributed by atoms with Crippen LogP contribution in [0, 0.1) is 0 Å². The van der Waals surface area contributed by atoms with Gasteiger partial charge in [-0.1, -0.05) is 19.9 Å². The first kappa shape index (κ1) is 14.8. The molecule has 1 amide bonds. The van der Waals surface area contributed by atoms with Crippen LogP contribution in [-0.4, -0.2) is 28.2 Å². The Hall–Kier alpha value is -1.59. The lowest BCUT2D eigenvalue weighted by Gasteiger charge is -2.27. The molecule has 1 aliphatic rings. The molecule has 20 heavy (non-hydrogen) atoms. The topological polar surface area (TPSA) is 81.6 Å². The van der Waals surface area contributed by atoms with Gasteiger partial charge in [0.15, 0.2) is 0 Å². The van der Waals surface area contributed by atoms with Crippen LogP contribution in [0.3, 0.4) is 0 Å². The second-order valence-electron chi connectivity index (χ2n) is 5.63. The van der Waals surface area contributed by atoms with Crippen LogP contribution in [0.15, 0.2) is 12.1 Å². The number of benzene rings is 1. The highest BCUT2D eigenvalue weighted by Gasteiger charge is 2.26. The number of phenolic OH excluding ortho intramolecular Hbond substituents is 1. The van der Waals surface area contributed by atoms with Gasteiger partial charge in [0, 0.05) is 18.5 Å². The highest BCUT2D eigenvalue weighted by atomic mass is 16.3. The number of carbonyl (C=O) groups excluding carboxylic acids is 1. The molecule has 2 rings (SSSR count). The lowest BCUT2D eigenvalue weighted by molar-refractivity contribution is -0.116. The van der Waals surface area contributed by atoms with Gasteiger partial charge < -0.3 is 20.8 Å². The Morgan fingerprint density at radius 3 is 2.60 bits per heavy atom. The van der Waals surface area contributed by atoms with Crippen LogP contribution in [0.2, 0.25) is 0 Å². The highest BCUT2D eigenvalue weighted by Crippen LogP contribution is 2.37. The van der Waals surface area contributed by atoms with Crippen LogP contribution in [0.4, 0.5) is 5.69 Å². The molecule has 110 valence electrons. The van der Waals surface area contributed by atoms with E-state index in [9.17, 15) is 15.0 Å². The first-order valence-electron chi connectivity index (χ1n) is 6.99. The average molecular weight is 278 g/mol. The number of aliphatic hydroxyl groups excluding tert-OH is 1.